The van der Waals surface area contributed by atoms with Gasteiger partial charge in [-0.1, -0.05) is 12.1 Å². The van der Waals surface area contributed by atoms with Crippen molar-refractivity contribution in [3.63, 3.8) is 0 Å². The molecule has 0 radical (unpaired) electrons. The molecule has 1 aromatic heterocycles. The lowest BCUT2D eigenvalue weighted by Crippen LogP contribution is -2.08. The second kappa shape index (κ2) is 7.36. The molecule has 1 heterocycles. The molecule has 2 aromatic rings. The molecule has 0 amide bonds. The highest BCUT2D eigenvalue weighted by Crippen LogP contribution is 2.13. The second-order valence-corrected chi connectivity index (χ2v) is 5.16. The van der Waals surface area contributed by atoms with E-state index in [4.69, 9.17) is 0 Å². The number of anilines is 1. The molecule has 5 nitrogen and oxygen atoms in total. The van der Waals surface area contributed by atoms with Crippen LogP contribution < -0.4 is 4.90 Å². The fraction of sp³-hybridized carbons (Fsp3) is 0.235. The van der Waals surface area contributed by atoms with Gasteiger partial charge in [0.05, 0.1) is 18.5 Å². The fourth-order valence-electron chi connectivity index (χ4n) is 1.99. The molecule has 5 heteroatoms. The number of allylic oxidation sites excluding steroid dienone is 1. The van der Waals surface area contributed by atoms with Crippen LogP contribution in [-0.4, -0.2) is 36.3 Å². The summed E-state index contributed by atoms with van der Waals surface area (Å²) < 4.78 is 1.76. The highest BCUT2D eigenvalue weighted by atomic mass is 15.2. The first kappa shape index (κ1) is 15.7. The number of benzene rings is 1. The van der Waals surface area contributed by atoms with Crippen LogP contribution >= 0.6 is 0 Å². The molecule has 114 valence electrons. The normalized spacial score (nSPS) is 11.9. The number of nitrogens with zero attached hydrogens (tertiary/aromatic N) is 5. The number of rotatable bonds is 6. The monoisotopic (exact) mass is 295 g/mol. The summed E-state index contributed by atoms with van der Waals surface area (Å²) in [7, 11) is 5.94. The van der Waals surface area contributed by atoms with Gasteiger partial charge in [0, 0.05) is 44.8 Å². The summed E-state index contributed by atoms with van der Waals surface area (Å²) >= 11 is 0. The standard InChI is InChI=1S/C17H21N5/c1-18-10-9-17(15-12-20-22(4)13-15)19-11-14-5-7-16(8-6-14)21(2)3/h5-10,12-13H,1,11H2,2-4H3/b10-9-,19-17?. The number of aliphatic imine (C=N–C) groups is 2. The van der Waals surface area contributed by atoms with Crippen molar-refractivity contribution in [1.82, 2.24) is 9.78 Å². The maximum Gasteiger partial charge on any atom is 0.0697 e. The Morgan fingerprint density at radius 2 is 2.05 bits per heavy atom. The van der Waals surface area contributed by atoms with Gasteiger partial charge in [-0.25, -0.2) is 0 Å². The molecular formula is C17H21N5. The summed E-state index contributed by atoms with van der Waals surface area (Å²) in [6.45, 7) is 4.07. The number of hydrogen-bond donors (Lipinski definition) is 0. The van der Waals surface area contributed by atoms with E-state index in [1.54, 1.807) is 17.1 Å². The average molecular weight is 295 g/mol. The van der Waals surface area contributed by atoms with Crippen LogP contribution in [0.4, 0.5) is 5.69 Å². The Morgan fingerprint density at radius 1 is 1.32 bits per heavy atom. The summed E-state index contributed by atoms with van der Waals surface area (Å²) in [4.78, 5) is 10.5. The molecule has 22 heavy (non-hydrogen) atoms. The fourth-order valence-corrected chi connectivity index (χ4v) is 1.99. The van der Waals surface area contributed by atoms with Crippen molar-refractivity contribution < 1.29 is 0 Å². The number of hydrogen-bond acceptors (Lipinski definition) is 4. The van der Waals surface area contributed by atoms with Gasteiger partial charge in [0.15, 0.2) is 0 Å². The van der Waals surface area contributed by atoms with Crippen LogP contribution in [0.5, 0.6) is 0 Å². The van der Waals surface area contributed by atoms with Crippen LogP contribution in [0, 0.1) is 0 Å². The van der Waals surface area contributed by atoms with Gasteiger partial charge >= 0.3 is 0 Å². The maximum absolute atomic E-state index is 4.66. The zero-order valence-corrected chi connectivity index (χ0v) is 13.3. The van der Waals surface area contributed by atoms with E-state index in [1.807, 2.05) is 33.4 Å². The molecule has 0 unspecified atom stereocenters. The lowest BCUT2D eigenvalue weighted by atomic mass is 10.2. The summed E-state index contributed by atoms with van der Waals surface area (Å²) in [5.74, 6) is 0. The van der Waals surface area contributed by atoms with E-state index in [1.165, 1.54) is 5.69 Å². The van der Waals surface area contributed by atoms with E-state index in [9.17, 15) is 0 Å². The zero-order valence-electron chi connectivity index (χ0n) is 13.3. The van der Waals surface area contributed by atoms with Crippen LogP contribution in [0.2, 0.25) is 0 Å². The van der Waals surface area contributed by atoms with Gasteiger partial charge in [0.25, 0.3) is 0 Å². The summed E-state index contributed by atoms with van der Waals surface area (Å²) in [6.07, 6.45) is 7.21. The molecule has 1 aromatic carbocycles. The van der Waals surface area contributed by atoms with Crippen molar-refractivity contribution in [2.24, 2.45) is 17.0 Å². The molecule has 2 rings (SSSR count). The minimum atomic E-state index is 0.611. The molecule has 0 atom stereocenters. The molecule has 0 aliphatic rings. The lowest BCUT2D eigenvalue weighted by molar-refractivity contribution is 0.767. The molecule has 0 spiro atoms. The quantitative estimate of drug-likeness (QED) is 0.769. The second-order valence-electron chi connectivity index (χ2n) is 5.16. The third-order valence-electron chi connectivity index (χ3n) is 3.22. The van der Waals surface area contributed by atoms with Gasteiger partial charge in [-0.2, -0.15) is 5.10 Å². The largest absolute Gasteiger partial charge is 0.378 e. The predicted octanol–water partition coefficient (Wildman–Crippen LogP) is 2.69. The van der Waals surface area contributed by atoms with Gasteiger partial charge in [-0.15, -0.1) is 0 Å². The lowest BCUT2D eigenvalue weighted by Gasteiger charge is -2.12. The third kappa shape index (κ3) is 4.15. The SMILES string of the molecule is C=N/C=C\C(=NCc1ccc(N(C)C)cc1)c1cnn(C)c1. The summed E-state index contributed by atoms with van der Waals surface area (Å²) in [5.41, 5.74) is 4.15. The van der Waals surface area contributed by atoms with Crippen molar-refractivity contribution in [1.29, 1.82) is 0 Å². The van der Waals surface area contributed by atoms with Gasteiger partial charge in [-0.05, 0) is 30.5 Å². The molecule has 0 saturated carbocycles. The Labute approximate surface area is 131 Å². The number of aromatic nitrogens is 2. The highest BCUT2D eigenvalue weighted by molar-refractivity contribution is 6.08. The molecule has 0 aliphatic carbocycles. The maximum atomic E-state index is 4.66. The Bertz CT molecular complexity index is 677. The Hall–Kier alpha value is -2.69. The molecule has 0 aliphatic heterocycles. The Balaban J connectivity index is 2.19. The first-order valence-electron chi connectivity index (χ1n) is 7.02. The first-order valence-corrected chi connectivity index (χ1v) is 7.02. The van der Waals surface area contributed by atoms with E-state index in [0.717, 1.165) is 16.8 Å². The highest BCUT2D eigenvalue weighted by Gasteiger charge is 2.03. The van der Waals surface area contributed by atoms with E-state index in [2.05, 4.69) is 51.0 Å². The van der Waals surface area contributed by atoms with E-state index >= 15 is 0 Å². The van der Waals surface area contributed by atoms with E-state index in [-0.39, 0.29) is 0 Å². The van der Waals surface area contributed by atoms with Crippen molar-refractivity contribution in [2.75, 3.05) is 19.0 Å². The van der Waals surface area contributed by atoms with Crippen LogP contribution in [0.1, 0.15) is 11.1 Å². The Kier molecular flexibility index (Phi) is 5.25. The topological polar surface area (TPSA) is 45.8 Å². The minimum Gasteiger partial charge on any atom is -0.378 e. The van der Waals surface area contributed by atoms with Gasteiger partial charge in [0.2, 0.25) is 0 Å². The molecule has 0 saturated heterocycles. The van der Waals surface area contributed by atoms with Gasteiger partial charge in [-0.3, -0.25) is 14.7 Å². The summed E-state index contributed by atoms with van der Waals surface area (Å²) in [6, 6.07) is 8.37. The van der Waals surface area contributed by atoms with Crippen LogP contribution in [0.25, 0.3) is 0 Å². The average Bonchev–Trinajstić information content (AvgIpc) is 2.94. The number of aryl methyl sites for hydroxylation is 1. The van der Waals surface area contributed by atoms with Crippen molar-refractivity contribution in [2.45, 2.75) is 6.54 Å². The van der Waals surface area contributed by atoms with Crippen molar-refractivity contribution in [3.8, 4) is 0 Å². The molecule has 0 N–H and O–H groups in total. The molecular weight excluding hydrogens is 274 g/mol. The molecule has 0 fully saturated rings. The smallest absolute Gasteiger partial charge is 0.0697 e. The third-order valence-corrected chi connectivity index (χ3v) is 3.22. The van der Waals surface area contributed by atoms with Crippen molar-refractivity contribution >= 4 is 18.1 Å². The van der Waals surface area contributed by atoms with Gasteiger partial charge < -0.3 is 4.90 Å². The van der Waals surface area contributed by atoms with Gasteiger partial charge in [0.1, 0.15) is 0 Å². The van der Waals surface area contributed by atoms with Crippen LogP contribution in [-0.2, 0) is 13.6 Å². The molecule has 0 bridgehead atoms. The minimum absolute atomic E-state index is 0.611. The first-order chi connectivity index (χ1) is 10.6. The van der Waals surface area contributed by atoms with Crippen LogP contribution in [0.3, 0.4) is 0 Å². The van der Waals surface area contributed by atoms with E-state index < -0.39 is 0 Å². The zero-order chi connectivity index (χ0) is 15.9. The van der Waals surface area contributed by atoms with E-state index in [0.29, 0.717) is 6.54 Å². The van der Waals surface area contributed by atoms with Crippen LogP contribution in [0.15, 0.2) is 58.9 Å². The Morgan fingerprint density at radius 3 is 2.59 bits per heavy atom. The summed E-state index contributed by atoms with van der Waals surface area (Å²) in [5, 5.41) is 4.18. The predicted molar refractivity (Wildman–Crippen MR) is 92.9 cm³/mol. The van der Waals surface area contributed by atoms with Crippen molar-refractivity contribution in [3.05, 3.63) is 60.1 Å².